The van der Waals surface area contributed by atoms with Crippen LogP contribution in [0.5, 0.6) is 0 Å². The molecule has 0 spiro atoms. The molecule has 0 aliphatic carbocycles. The zero-order chi connectivity index (χ0) is 16.4. The second-order valence-electron chi connectivity index (χ2n) is 5.36. The van der Waals surface area contributed by atoms with Gasteiger partial charge >= 0.3 is 0 Å². The van der Waals surface area contributed by atoms with Crippen LogP contribution in [0.15, 0.2) is 33.3 Å². The number of hydrogen-bond acceptors (Lipinski definition) is 3. The average Bonchev–Trinajstić information content (AvgIpc) is 2.89. The number of aromatic amines is 1. The summed E-state index contributed by atoms with van der Waals surface area (Å²) in [5.74, 6) is -0.291. The van der Waals surface area contributed by atoms with E-state index < -0.39 is 0 Å². The molecule has 1 fully saturated rings. The average molecular weight is 446 g/mol. The summed E-state index contributed by atoms with van der Waals surface area (Å²) in [7, 11) is 0. The number of benzene rings is 1. The van der Waals surface area contributed by atoms with Gasteiger partial charge in [-0.3, -0.25) is 14.8 Å². The van der Waals surface area contributed by atoms with Crippen LogP contribution in [0.1, 0.15) is 16.1 Å². The fraction of sp³-hybridized carbons (Fsp3) is 0.333. The summed E-state index contributed by atoms with van der Waals surface area (Å²) < 4.78 is 15.0. The quantitative estimate of drug-likeness (QED) is 0.789. The van der Waals surface area contributed by atoms with Gasteiger partial charge in [0.1, 0.15) is 10.4 Å². The molecule has 0 atom stereocenters. The molecule has 1 saturated heterocycles. The van der Waals surface area contributed by atoms with Crippen LogP contribution in [-0.4, -0.2) is 52.1 Å². The highest BCUT2D eigenvalue weighted by Gasteiger charge is 2.26. The molecule has 8 heteroatoms. The molecule has 5 nitrogen and oxygen atoms in total. The predicted molar refractivity (Wildman–Crippen MR) is 91.6 cm³/mol. The van der Waals surface area contributed by atoms with Gasteiger partial charge in [0.25, 0.3) is 5.91 Å². The van der Waals surface area contributed by atoms with E-state index >= 15 is 0 Å². The van der Waals surface area contributed by atoms with Crippen LogP contribution in [0.25, 0.3) is 0 Å². The Morgan fingerprint density at radius 2 is 1.91 bits per heavy atom. The van der Waals surface area contributed by atoms with Gasteiger partial charge in [0.2, 0.25) is 0 Å². The van der Waals surface area contributed by atoms with Crippen LogP contribution in [-0.2, 0) is 6.54 Å². The number of hydrogen-bond donors (Lipinski definition) is 1. The Morgan fingerprint density at radius 3 is 2.52 bits per heavy atom. The van der Waals surface area contributed by atoms with Gasteiger partial charge in [0, 0.05) is 38.3 Å². The molecule has 2 aromatic rings. The van der Waals surface area contributed by atoms with Crippen LogP contribution in [0.2, 0.25) is 0 Å². The zero-order valence-electron chi connectivity index (χ0n) is 12.2. The lowest BCUT2D eigenvalue weighted by atomic mass is 10.2. The van der Waals surface area contributed by atoms with Crippen molar-refractivity contribution in [2.45, 2.75) is 6.54 Å². The first kappa shape index (κ1) is 16.6. The minimum Gasteiger partial charge on any atom is -0.335 e. The van der Waals surface area contributed by atoms with Crippen molar-refractivity contribution >= 4 is 37.8 Å². The highest BCUT2D eigenvalue weighted by Crippen LogP contribution is 2.25. The number of H-pyrrole nitrogens is 1. The fourth-order valence-corrected chi connectivity index (χ4v) is 3.20. The molecule has 0 unspecified atom stereocenters. The van der Waals surface area contributed by atoms with Gasteiger partial charge < -0.3 is 4.90 Å². The molecular weight excluding hydrogens is 431 g/mol. The van der Waals surface area contributed by atoms with Crippen molar-refractivity contribution in [3.05, 3.63) is 50.4 Å². The van der Waals surface area contributed by atoms with Gasteiger partial charge in [0.05, 0.1) is 4.47 Å². The molecule has 1 aromatic carbocycles. The first-order valence-corrected chi connectivity index (χ1v) is 8.79. The number of amides is 1. The molecular formula is C15H15Br2FN4O. The second kappa shape index (κ2) is 7.11. The number of halogens is 3. The monoisotopic (exact) mass is 444 g/mol. The number of piperazine rings is 1. The van der Waals surface area contributed by atoms with E-state index in [1.807, 2.05) is 6.07 Å². The van der Waals surface area contributed by atoms with Gasteiger partial charge in [-0.25, -0.2) is 4.39 Å². The summed E-state index contributed by atoms with van der Waals surface area (Å²) in [5.41, 5.74) is 1.06. The van der Waals surface area contributed by atoms with Crippen LogP contribution < -0.4 is 0 Å². The fourth-order valence-electron chi connectivity index (χ4n) is 2.58. The molecule has 1 aliphatic rings. The maximum absolute atomic E-state index is 13.7. The largest absolute Gasteiger partial charge is 0.335 e. The summed E-state index contributed by atoms with van der Waals surface area (Å²) >= 11 is 6.62. The van der Waals surface area contributed by atoms with Crippen LogP contribution in [0, 0.1) is 5.82 Å². The van der Waals surface area contributed by atoms with Crippen LogP contribution in [0.3, 0.4) is 0 Å². The second-order valence-corrected chi connectivity index (χ2v) is 6.95. The topological polar surface area (TPSA) is 52.2 Å². The molecule has 0 saturated carbocycles. The third kappa shape index (κ3) is 3.64. The Morgan fingerprint density at radius 1 is 1.22 bits per heavy atom. The lowest BCUT2D eigenvalue weighted by Crippen LogP contribution is -2.48. The third-order valence-corrected chi connectivity index (χ3v) is 5.76. The molecule has 1 aliphatic heterocycles. The lowest BCUT2D eigenvalue weighted by Gasteiger charge is -2.34. The Bertz CT molecular complexity index is 713. The molecule has 2 heterocycles. The van der Waals surface area contributed by atoms with Gasteiger partial charge in [-0.15, -0.1) is 0 Å². The maximum Gasteiger partial charge on any atom is 0.275 e. The summed E-state index contributed by atoms with van der Waals surface area (Å²) in [5, 5.41) is 6.74. The number of carbonyl (C=O) groups is 1. The van der Waals surface area contributed by atoms with E-state index in [1.165, 1.54) is 6.07 Å². The third-order valence-electron chi connectivity index (χ3n) is 3.88. The number of nitrogens with zero attached hydrogens (tertiary/aromatic N) is 3. The lowest BCUT2D eigenvalue weighted by molar-refractivity contribution is 0.0620. The summed E-state index contributed by atoms with van der Waals surface area (Å²) in [6, 6.07) is 6.80. The highest BCUT2D eigenvalue weighted by atomic mass is 79.9. The summed E-state index contributed by atoms with van der Waals surface area (Å²) in [4.78, 5) is 16.4. The highest BCUT2D eigenvalue weighted by molar-refractivity contribution is 9.13. The van der Waals surface area contributed by atoms with E-state index in [1.54, 1.807) is 17.0 Å². The van der Waals surface area contributed by atoms with Crippen molar-refractivity contribution in [1.29, 1.82) is 0 Å². The molecule has 122 valence electrons. The minimum atomic E-state index is -0.184. The smallest absolute Gasteiger partial charge is 0.275 e. The molecule has 23 heavy (non-hydrogen) atoms. The van der Waals surface area contributed by atoms with E-state index in [-0.39, 0.29) is 11.7 Å². The predicted octanol–water partition coefficient (Wildman–Crippen LogP) is 3.03. The van der Waals surface area contributed by atoms with E-state index in [4.69, 9.17) is 0 Å². The van der Waals surface area contributed by atoms with E-state index in [2.05, 4.69) is 47.0 Å². The SMILES string of the molecule is O=C(c1n[nH]c(Br)c1Br)N1CCN(Cc2ccccc2F)CC1. The normalized spacial score (nSPS) is 15.9. The van der Waals surface area contributed by atoms with Crippen molar-refractivity contribution in [1.82, 2.24) is 20.0 Å². The Kier molecular flexibility index (Phi) is 5.13. The van der Waals surface area contributed by atoms with Gasteiger partial charge in [-0.05, 0) is 37.9 Å². The number of rotatable bonds is 3. The van der Waals surface area contributed by atoms with Gasteiger partial charge in [-0.1, -0.05) is 18.2 Å². The summed E-state index contributed by atoms with van der Waals surface area (Å²) in [6.07, 6.45) is 0. The summed E-state index contributed by atoms with van der Waals surface area (Å²) in [6.45, 7) is 3.19. The molecule has 1 aromatic heterocycles. The number of carbonyl (C=O) groups excluding carboxylic acids is 1. The molecule has 1 N–H and O–H groups in total. The van der Waals surface area contributed by atoms with E-state index in [9.17, 15) is 9.18 Å². The molecule has 1 amide bonds. The zero-order valence-corrected chi connectivity index (χ0v) is 15.4. The molecule has 3 rings (SSSR count). The van der Waals surface area contributed by atoms with Crippen molar-refractivity contribution in [3.8, 4) is 0 Å². The minimum absolute atomic E-state index is 0.107. The van der Waals surface area contributed by atoms with Crippen molar-refractivity contribution in [3.63, 3.8) is 0 Å². The van der Waals surface area contributed by atoms with Crippen LogP contribution >= 0.6 is 31.9 Å². The maximum atomic E-state index is 13.7. The molecule has 0 radical (unpaired) electrons. The van der Waals surface area contributed by atoms with Crippen molar-refractivity contribution in [2.75, 3.05) is 26.2 Å². The standard InChI is InChI=1S/C15H15Br2FN4O/c16-12-13(19-20-14(12)17)15(23)22-7-5-21(6-8-22)9-10-3-1-2-4-11(10)18/h1-4H,5-9H2,(H,19,20). The number of nitrogens with one attached hydrogen (secondary N) is 1. The van der Waals surface area contributed by atoms with Gasteiger partial charge in [-0.2, -0.15) is 5.10 Å². The Labute approximate surface area is 150 Å². The number of aromatic nitrogens is 2. The first-order chi connectivity index (χ1) is 11.1. The first-order valence-electron chi connectivity index (χ1n) is 7.20. The van der Waals surface area contributed by atoms with Crippen molar-refractivity contribution in [2.24, 2.45) is 0 Å². The van der Waals surface area contributed by atoms with Gasteiger partial charge in [0.15, 0.2) is 5.69 Å². The van der Waals surface area contributed by atoms with E-state index in [0.29, 0.717) is 53.1 Å². The van der Waals surface area contributed by atoms with E-state index in [0.717, 1.165) is 0 Å². The van der Waals surface area contributed by atoms with Crippen LogP contribution in [0.4, 0.5) is 4.39 Å². The molecule has 0 bridgehead atoms. The Hall–Kier alpha value is -1.25. The Balaban J connectivity index is 1.59. The van der Waals surface area contributed by atoms with Crippen molar-refractivity contribution < 1.29 is 9.18 Å².